The van der Waals surface area contributed by atoms with Crippen molar-refractivity contribution in [3.63, 3.8) is 0 Å². The molecule has 0 saturated carbocycles. The quantitative estimate of drug-likeness (QED) is 0.252. The van der Waals surface area contributed by atoms with Crippen molar-refractivity contribution in [2.75, 3.05) is 21.0 Å². The van der Waals surface area contributed by atoms with Gasteiger partial charge in [-0.15, -0.1) is 0 Å². The summed E-state index contributed by atoms with van der Waals surface area (Å²) in [6.45, 7) is 4.76. The fourth-order valence-corrected chi connectivity index (χ4v) is 4.00. The van der Waals surface area contributed by atoms with E-state index in [9.17, 15) is 9.59 Å². The molecule has 0 N–H and O–H groups in total. The highest BCUT2D eigenvalue weighted by Crippen LogP contribution is 2.42. The molecule has 0 aliphatic carbocycles. The topological polar surface area (TPSA) is 71.1 Å². The van der Waals surface area contributed by atoms with Crippen LogP contribution in [0.4, 0.5) is 0 Å². The molecular weight excluding hydrogens is 372 g/mol. The average molecular weight is 415 g/mol. The number of ether oxygens (including phenoxy) is 4. The molecule has 0 aromatic heterocycles. The van der Waals surface area contributed by atoms with Crippen LogP contribution in [0.1, 0.15) is 104 Å². The van der Waals surface area contributed by atoms with E-state index in [0.717, 1.165) is 77.0 Å². The van der Waals surface area contributed by atoms with Gasteiger partial charge in [-0.05, 0) is 39.5 Å². The first-order chi connectivity index (χ1) is 13.9. The summed E-state index contributed by atoms with van der Waals surface area (Å²) in [6.07, 6.45) is 13.8. The molecular formula is C23H42O6. The number of methoxy groups -OCH3 is 2. The summed E-state index contributed by atoms with van der Waals surface area (Å²) in [7, 11) is 2.88. The van der Waals surface area contributed by atoms with Crippen LogP contribution in [0.2, 0.25) is 0 Å². The number of rotatable bonds is 16. The van der Waals surface area contributed by atoms with Gasteiger partial charge in [-0.3, -0.25) is 9.59 Å². The highest BCUT2D eigenvalue weighted by atomic mass is 16.7. The molecule has 0 aromatic rings. The molecule has 6 nitrogen and oxygen atoms in total. The van der Waals surface area contributed by atoms with Crippen LogP contribution in [0.5, 0.6) is 0 Å². The second-order valence-electron chi connectivity index (χ2n) is 8.56. The zero-order valence-corrected chi connectivity index (χ0v) is 19.1. The van der Waals surface area contributed by atoms with Crippen molar-refractivity contribution < 1.29 is 28.5 Å². The summed E-state index contributed by atoms with van der Waals surface area (Å²) in [5.41, 5.74) is -0.464. The first-order valence-corrected chi connectivity index (χ1v) is 11.3. The van der Waals surface area contributed by atoms with Crippen LogP contribution in [0.25, 0.3) is 0 Å². The number of unbranched alkanes of at least 4 members (excludes halogenated alkanes) is 8. The highest BCUT2D eigenvalue weighted by Gasteiger charge is 2.50. The van der Waals surface area contributed by atoms with Crippen LogP contribution < -0.4 is 0 Å². The van der Waals surface area contributed by atoms with Gasteiger partial charge in [0, 0.05) is 12.8 Å². The number of carbonyl (C=O) groups excluding carboxylic acids is 2. The van der Waals surface area contributed by atoms with E-state index in [1.807, 2.05) is 0 Å². The second kappa shape index (κ2) is 14.0. The lowest BCUT2D eigenvalue weighted by atomic mass is 9.78. The zero-order chi connectivity index (χ0) is 21.6. The van der Waals surface area contributed by atoms with Crippen molar-refractivity contribution in [2.24, 2.45) is 0 Å². The van der Waals surface area contributed by atoms with Crippen LogP contribution in [0.15, 0.2) is 0 Å². The molecule has 1 fully saturated rings. The van der Waals surface area contributed by atoms with E-state index in [2.05, 4.69) is 23.3 Å². The molecule has 2 atom stereocenters. The Morgan fingerprint density at radius 1 is 0.655 bits per heavy atom. The van der Waals surface area contributed by atoms with Crippen LogP contribution >= 0.6 is 0 Å². The summed E-state index contributed by atoms with van der Waals surface area (Å²) >= 11 is 0. The van der Waals surface area contributed by atoms with Gasteiger partial charge < -0.3 is 18.9 Å². The molecule has 0 amide bonds. The molecule has 0 bridgehead atoms. The maximum Gasteiger partial charge on any atom is 0.305 e. The molecule has 1 heterocycles. The molecule has 0 aromatic carbocycles. The van der Waals surface area contributed by atoms with E-state index in [-0.39, 0.29) is 23.1 Å². The lowest BCUT2D eigenvalue weighted by molar-refractivity contribution is -0.141. The van der Waals surface area contributed by atoms with Gasteiger partial charge >= 0.3 is 11.9 Å². The first kappa shape index (κ1) is 25.9. The SMILES string of the molecule is COC(=O)CCCCCCCC1(C)OCOC1(C)CCCCCCCC(=O)OC. The van der Waals surface area contributed by atoms with Gasteiger partial charge in [-0.1, -0.05) is 51.4 Å². The largest absolute Gasteiger partial charge is 0.469 e. The van der Waals surface area contributed by atoms with E-state index >= 15 is 0 Å². The minimum Gasteiger partial charge on any atom is -0.469 e. The van der Waals surface area contributed by atoms with Gasteiger partial charge in [0.1, 0.15) is 6.79 Å². The molecule has 0 spiro atoms. The van der Waals surface area contributed by atoms with Crippen LogP contribution in [-0.4, -0.2) is 44.2 Å². The van der Waals surface area contributed by atoms with Crippen LogP contribution in [0.3, 0.4) is 0 Å². The van der Waals surface area contributed by atoms with Crippen molar-refractivity contribution in [2.45, 2.75) is 115 Å². The first-order valence-electron chi connectivity index (χ1n) is 11.3. The van der Waals surface area contributed by atoms with E-state index in [0.29, 0.717) is 19.6 Å². The Balaban J connectivity index is 2.18. The predicted molar refractivity (Wildman–Crippen MR) is 113 cm³/mol. The smallest absolute Gasteiger partial charge is 0.305 e. The normalized spacial score (nSPS) is 23.9. The van der Waals surface area contributed by atoms with E-state index < -0.39 is 0 Å². The van der Waals surface area contributed by atoms with E-state index in [4.69, 9.17) is 9.47 Å². The van der Waals surface area contributed by atoms with Crippen molar-refractivity contribution in [1.82, 2.24) is 0 Å². The average Bonchev–Trinajstić information content (AvgIpc) is 3.00. The van der Waals surface area contributed by atoms with Gasteiger partial charge in [0.25, 0.3) is 0 Å². The van der Waals surface area contributed by atoms with Crippen molar-refractivity contribution in [3.05, 3.63) is 0 Å². The Morgan fingerprint density at radius 3 is 1.38 bits per heavy atom. The van der Waals surface area contributed by atoms with Crippen molar-refractivity contribution in [1.29, 1.82) is 0 Å². The fourth-order valence-electron chi connectivity index (χ4n) is 4.00. The van der Waals surface area contributed by atoms with Crippen LogP contribution in [-0.2, 0) is 28.5 Å². The maximum atomic E-state index is 11.1. The standard InChI is InChI=1S/C23H42O6/c1-22(17-13-9-5-7-11-15-20(24)26-3)23(2,29-19-28-22)18-14-10-6-8-12-16-21(25)27-4/h5-19H2,1-4H3. The lowest BCUT2D eigenvalue weighted by Gasteiger charge is -2.38. The van der Waals surface area contributed by atoms with Gasteiger partial charge in [0.15, 0.2) is 0 Å². The molecule has 6 heteroatoms. The minimum absolute atomic E-state index is 0.117. The molecule has 170 valence electrons. The second-order valence-corrected chi connectivity index (χ2v) is 8.56. The predicted octanol–water partition coefficient (Wildman–Crippen LogP) is 5.32. The number of carbonyl (C=O) groups is 2. The zero-order valence-electron chi connectivity index (χ0n) is 19.1. The van der Waals surface area contributed by atoms with E-state index in [1.54, 1.807) is 0 Å². The van der Waals surface area contributed by atoms with Gasteiger partial charge in [-0.25, -0.2) is 0 Å². The van der Waals surface area contributed by atoms with Gasteiger partial charge in [0.2, 0.25) is 0 Å². The van der Waals surface area contributed by atoms with Crippen LogP contribution in [0, 0.1) is 0 Å². The Kier molecular flexibility index (Phi) is 12.5. The van der Waals surface area contributed by atoms with Crippen molar-refractivity contribution >= 4 is 11.9 Å². The molecule has 1 rings (SSSR count). The molecule has 0 radical (unpaired) electrons. The molecule has 1 saturated heterocycles. The summed E-state index contributed by atoms with van der Waals surface area (Å²) in [4.78, 5) is 22.2. The maximum absolute atomic E-state index is 11.1. The third kappa shape index (κ3) is 9.47. The van der Waals surface area contributed by atoms with E-state index in [1.165, 1.54) is 14.2 Å². The Bertz CT molecular complexity index is 438. The third-order valence-electron chi connectivity index (χ3n) is 6.40. The summed E-state index contributed by atoms with van der Waals surface area (Å²) in [5, 5.41) is 0. The number of hydrogen-bond acceptors (Lipinski definition) is 6. The molecule has 1 aliphatic heterocycles. The van der Waals surface area contributed by atoms with Crippen molar-refractivity contribution in [3.8, 4) is 0 Å². The Hall–Kier alpha value is -1.14. The lowest BCUT2D eigenvalue weighted by Crippen LogP contribution is -2.47. The monoisotopic (exact) mass is 414 g/mol. The molecule has 2 unspecified atom stereocenters. The Labute approximate surface area is 177 Å². The molecule has 1 aliphatic rings. The summed E-state index contributed by atoms with van der Waals surface area (Å²) in [5.74, 6) is -0.235. The van der Waals surface area contributed by atoms with Gasteiger partial charge in [0.05, 0.1) is 25.4 Å². The number of hydrogen-bond donors (Lipinski definition) is 0. The summed E-state index contributed by atoms with van der Waals surface area (Å²) in [6, 6.07) is 0. The van der Waals surface area contributed by atoms with Gasteiger partial charge in [-0.2, -0.15) is 0 Å². The number of esters is 2. The summed E-state index contributed by atoms with van der Waals surface area (Å²) < 4.78 is 21.4. The highest BCUT2D eigenvalue weighted by molar-refractivity contribution is 5.69. The Morgan fingerprint density at radius 2 is 1.00 bits per heavy atom. The fraction of sp³-hybridized carbons (Fsp3) is 0.913. The molecule has 29 heavy (non-hydrogen) atoms. The third-order valence-corrected chi connectivity index (χ3v) is 6.40. The minimum atomic E-state index is -0.232.